The Kier molecular flexibility index (Phi) is 7.40. The van der Waals surface area contributed by atoms with E-state index >= 15 is 0 Å². The Labute approximate surface area is 117 Å². The molecule has 0 rings (SSSR count). The fraction of sp³-hybridized carbons (Fsp3) is 0.917. The van der Waals surface area contributed by atoms with Crippen molar-refractivity contribution in [2.75, 3.05) is 61.3 Å². The van der Waals surface area contributed by atoms with Crippen LogP contribution in [0.2, 0.25) is 0 Å². The highest BCUT2D eigenvalue weighted by atomic mass is 31.2. The summed E-state index contributed by atoms with van der Waals surface area (Å²) in [4.78, 5) is 4.01. The molecule has 6 nitrogen and oxygen atoms in total. The van der Waals surface area contributed by atoms with E-state index < -0.39 is 13.0 Å². The van der Waals surface area contributed by atoms with Gasteiger partial charge in [-0.3, -0.25) is 10.2 Å². The lowest BCUT2D eigenvalue weighted by Gasteiger charge is -2.28. The normalized spacial score (nSPS) is 18.6. The molecule has 114 valence electrons. The van der Waals surface area contributed by atoms with Gasteiger partial charge in [0.1, 0.15) is 18.7 Å². The second-order valence-corrected chi connectivity index (χ2v) is 8.26. The van der Waals surface area contributed by atoms with Crippen LogP contribution >= 0.6 is 7.51 Å². The molecule has 0 fully saturated rings. The molecule has 0 aliphatic rings. The standard InChI is InChI=1S/C12H29N3O3P/c1-12(14-2,10-16-6)11-18-19(7,13)17-9-8-15(3,4)5/h13H,2,8-11H2,1,3-7H3/q+1. The van der Waals surface area contributed by atoms with E-state index in [1.165, 1.54) is 0 Å². The maximum atomic E-state index is 8.08. The lowest BCUT2D eigenvalue weighted by Crippen LogP contribution is -2.37. The third-order valence-corrected chi connectivity index (χ3v) is 3.86. The van der Waals surface area contributed by atoms with Crippen LogP contribution in [0.1, 0.15) is 6.92 Å². The first-order valence-electron chi connectivity index (χ1n) is 6.22. The van der Waals surface area contributed by atoms with Crippen LogP contribution < -0.4 is 0 Å². The summed E-state index contributed by atoms with van der Waals surface area (Å²) in [5, 5.41) is 8.08. The molecule has 2 unspecified atom stereocenters. The molecule has 0 bridgehead atoms. The number of ether oxygens (including phenoxy) is 1. The molecular weight excluding hydrogens is 265 g/mol. The molecular formula is C12H29N3O3P+. The molecule has 0 spiro atoms. The lowest BCUT2D eigenvalue weighted by atomic mass is 10.1. The van der Waals surface area contributed by atoms with Crippen molar-refractivity contribution in [2.24, 2.45) is 4.99 Å². The van der Waals surface area contributed by atoms with Crippen molar-refractivity contribution in [1.29, 1.82) is 5.16 Å². The Balaban J connectivity index is 4.22. The van der Waals surface area contributed by atoms with E-state index in [2.05, 4.69) is 32.9 Å². The minimum Gasteiger partial charge on any atom is -0.382 e. The van der Waals surface area contributed by atoms with E-state index in [0.29, 0.717) is 13.2 Å². The molecule has 0 amide bonds. The molecule has 0 radical (unpaired) electrons. The molecule has 7 heteroatoms. The second-order valence-electron chi connectivity index (χ2n) is 6.05. The highest BCUT2D eigenvalue weighted by Crippen LogP contribution is 2.45. The van der Waals surface area contributed by atoms with Gasteiger partial charge in [0.2, 0.25) is 7.51 Å². The molecule has 0 aromatic carbocycles. The van der Waals surface area contributed by atoms with E-state index in [-0.39, 0.29) is 6.61 Å². The minimum absolute atomic E-state index is 0.280. The summed E-state index contributed by atoms with van der Waals surface area (Å²) >= 11 is 0. The van der Waals surface area contributed by atoms with Gasteiger partial charge in [-0.25, -0.2) is 0 Å². The van der Waals surface area contributed by atoms with Gasteiger partial charge >= 0.3 is 0 Å². The van der Waals surface area contributed by atoms with Crippen molar-refractivity contribution >= 4 is 14.2 Å². The lowest BCUT2D eigenvalue weighted by molar-refractivity contribution is -0.870. The minimum atomic E-state index is -2.57. The maximum Gasteiger partial charge on any atom is 0.206 e. The molecule has 0 saturated heterocycles. The molecule has 19 heavy (non-hydrogen) atoms. The molecule has 0 heterocycles. The van der Waals surface area contributed by atoms with Crippen molar-refractivity contribution < 1.29 is 18.3 Å². The van der Waals surface area contributed by atoms with Gasteiger partial charge in [0, 0.05) is 13.8 Å². The number of hydrogen-bond donors (Lipinski definition) is 1. The molecule has 0 aliphatic heterocycles. The number of likely N-dealkylation sites (N-methyl/N-ethyl adjacent to an activating group) is 1. The average molecular weight is 294 g/mol. The zero-order valence-electron chi connectivity index (χ0n) is 13.1. The van der Waals surface area contributed by atoms with Crippen LogP contribution in [0.15, 0.2) is 4.99 Å². The number of rotatable bonds is 10. The average Bonchev–Trinajstić information content (AvgIpc) is 2.25. The number of nitrogens with one attached hydrogen (secondary N) is 1. The summed E-state index contributed by atoms with van der Waals surface area (Å²) in [6.45, 7) is 9.17. The van der Waals surface area contributed by atoms with Gasteiger partial charge < -0.3 is 18.3 Å². The van der Waals surface area contributed by atoms with Gasteiger partial charge in [-0.1, -0.05) is 0 Å². The van der Waals surface area contributed by atoms with Gasteiger partial charge in [-0.05, 0) is 13.6 Å². The highest BCUT2D eigenvalue weighted by Gasteiger charge is 2.26. The first-order valence-corrected chi connectivity index (χ1v) is 8.29. The van der Waals surface area contributed by atoms with Crippen LogP contribution in [-0.2, 0) is 13.8 Å². The number of nitrogens with zero attached hydrogens (tertiary/aromatic N) is 2. The van der Waals surface area contributed by atoms with Gasteiger partial charge in [0.15, 0.2) is 0 Å². The third kappa shape index (κ3) is 9.30. The maximum absolute atomic E-state index is 8.08. The smallest absolute Gasteiger partial charge is 0.206 e. The predicted octanol–water partition coefficient (Wildman–Crippen LogP) is 2.07. The van der Waals surface area contributed by atoms with Crippen molar-refractivity contribution in [2.45, 2.75) is 12.5 Å². The van der Waals surface area contributed by atoms with E-state index in [9.17, 15) is 0 Å². The molecule has 0 aromatic rings. The van der Waals surface area contributed by atoms with E-state index in [0.717, 1.165) is 11.0 Å². The first-order chi connectivity index (χ1) is 8.54. The van der Waals surface area contributed by atoms with Crippen molar-refractivity contribution in [3.8, 4) is 0 Å². The highest BCUT2D eigenvalue weighted by molar-refractivity contribution is 7.54. The van der Waals surface area contributed by atoms with Gasteiger partial charge in [-0.15, -0.1) is 0 Å². The molecule has 0 aliphatic carbocycles. The number of quaternary nitrogens is 1. The molecule has 0 saturated carbocycles. The SMILES string of the molecule is C=NC(C)(COC)COP(C)(=N)OCC[N+](C)(C)C. The summed E-state index contributed by atoms with van der Waals surface area (Å²) in [7, 11) is 5.30. The van der Waals surface area contributed by atoms with Crippen molar-refractivity contribution in [1.82, 2.24) is 0 Å². The number of aliphatic imine (C=N–C) groups is 1. The van der Waals surface area contributed by atoms with Crippen LogP contribution in [0.3, 0.4) is 0 Å². The van der Waals surface area contributed by atoms with Crippen LogP contribution in [0, 0.1) is 5.16 Å². The summed E-state index contributed by atoms with van der Waals surface area (Å²) in [5.41, 5.74) is -0.527. The van der Waals surface area contributed by atoms with Crippen LogP contribution in [0.25, 0.3) is 0 Å². The Hall–Kier alpha value is -0.260. The van der Waals surface area contributed by atoms with Gasteiger partial charge in [0.05, 0.1) is 34.4 Å². The largest absolute Gasteiger partial charge is 0.382 e. The Morgan fingerprint density at radius 1 is 1.26 bits per heavy atom. The Morgan fingerprint density at radius 3 is 2.26 bits per heavy atom. The van der Waals surface area contributed by atoms with Gasteiger partial charge in [0.25, 0.3) is 0 Å². The topological polar surface area (TPSA) is 63.9 Å². The zero-order chi connectivity index (χ0) is 15.2. The van der Waals surface area contributed by atoms with Crippen LogP contribution in [0.5, 0.6) is 0 Å². The molecule has 2 atom stereocenters. The summed E-state index contributed by atoms with van der Waals surface area (Å²) in [6.07, 6.45) is 0. The fourth-order valence-electron chi connectivity index (χ4n) is 1.23. The number of hydrogen-bond acceptors (Lipinski definition) is 5. The molecule has 0 aromatic heterocycles. The summed E-state index contributed by atoms with van der Waals surface area (Å²) in [6, 6.07) is 0. The monoisotopic (exact) mass is 294 g/mol. The van der Waals surface area contributed by atoms with Crippen LogP contribution in [0.4, 0.5) is 0 Å². The third-order valence-electron chi connectivity index (χ3n) is 2.56. The van der Waals surface area contributed by atoms with Crippen molar-refractivity contribution in [3.63, 3.8) is 0 Å². The second kappa shape index (κ2) is 7.50. The summed E-state index contributed by atoms with van der Waals surface area (Å²) < 4.78 is 17.0. The Morgan fingerprint density at radius 2 is 1.84 bits per heavy atom. The van der Waals surface area contributed by atoms with E-state index in [1.54, 1.807) is 13.8 Å². The van der Waals surface area contributed by atoms with Crippen LogP contribution in [-0.4, -0.2) is 78.0 Å². The quantitative estimate of drug-likeness (QED) is 0.381. The van der Waals surface area contributed by atoms with E-state index in [1.807, 2.05) is 6.92 Å². The van der Waals surface area contributed by atoms with Gasteiger partial charge in [-0.2, -0.15) is 0 Å². The fourth-order valence-corrected chi connectivity index (χ4v) is 2.26. The zero-order valence-corrected chi connectivity index (χ0v) is 14.0. The predicted molar refractivity (Wildman–Crippen MR) is 80.2 cm³/mol. The van der Waals surface area contributed by atoms with E-state index in [4.69, 9.17) is 18.9 Å². The first kappa shape index (κ1) is 18.7. The molecule has 1 N–H and O–H groups in total. The number of methoxy groups -OCH3 is 1. The summed E-state index contributed by atoms with van der Waals surface area (Å²) in [5.74, 6) is 0. The van der Waals surface area contributed by atoms with Crippen molar-refractivity contribution in [3.05, 3.63) is 0 Å². The Bertz CT molecular complexity index is 331.